The average molecular weight is 348 g/mol. The van der Waals surface area contributed by atoms with Crippen LogP contribution in [-0.2, 0) is 6.42 Å². The molecule has 3 rings (SSSR count). The number of piperidine rings is 1. The molecule has 0 unspecified atom stereocenters. The van der Waals surface area contributed by atoms with Crippen molar-refractivity contribution in [3.05, 3.63) is 36.3 Å². The van der Waals surface area contributed by atoms with Crippen LogP contribution in [0.4, 0.5) is 0 Å². The molecule has 1 N–H and O–H groups in total. The largest absolute Gasteiger partial charge is 0.317 e. The predicted octanol–water partition coefficient (Wildman–Crippen LogP) is 6.28. The Bertz CT molecular complexity index is 500. The highest BCUT2D eigenvalue weighted by molar-refractivity contribution is 5.80. The van der Waals surface area contributed by atoms with Crippen molar-refractivity contribution in [1.29, 1.82) is 0 Å². The number of para-hydroxylation sites is 1. The topological polar surface area (TPSA) is 37.8 Å². The van der Waals surface area contributed by atoms with E-state index in [4.69, 9.17) is 0 Å². The highest BCUT2D eigenvalue weighted by Gasteiger charge is 2.15. The maximum atomic E-state index is 4.47. The lowest BCUT2D eigenvalue weighted by molar-refractivity contribution is 0.371. The number of nitrogens with zero attached hydrogens (tertiary/aromatic N) is 2. The molecule has 0 aliphatic carbocycles. The predicted molar refractivity (Wildman–Crippen MR) is 114 cm³/mol. The minimum atomic E-state index is 0.773. The minimum absolute atomic E-state index is 0.773. The van der Waals surface area contributed by atoms with Crippen LogP contribution in [0.1, 0.15) is 73.9 Å². The normalized spacial score (nSPS) is 12.8. The maximum absolute atomic E-state index is 4.47. The molecule has 0 saturated carbocycles. The van der Waals surface area contributed by atoms with Gasteiger partial charge in [-0.05, 0) is 44.3 Å². The van der Waals surface area contributed by atoms with Gasteiger partial charge < -0.3 is 5.32 Å². The Morgan fingerprint density at radius 1 is 0.840 bits per heavy atom. The smallest absolute Gasteiger partial charge is 0.116 e. The number of aromatic nitrogens is 2. The molecule has 144 valence electrons. The van der Waals surface area contributed by atoms with Gasteiger partial charge in [-0.1, -0.05) is 73.6 Å². The highest BCUT2D eigenvalue weighted by atomic mass is 14.9. The molecule has 0 spiro atoms. The second kappa shape index (κ2) is 18.9. The van der Waals surface area contributed by atoms with Gasteiger partial charge in [-0.2, -0.15) is 0 Å². The first-order chi connectivity index (χ1) is 12.4. The van der Waals surface area contributed by atoms with Crippen LogP contribution < -0.4 is 5.32 Å². The fourth-order valence-corrected chi connectivity index (χ4v) is 2.58. The van der Waals surface area contributed by atoms with E-state index in [1.165, 1.54) is 23.9 Å². The van der Waals surface area contributed by atoms with Gasteiger partial charge in [-0.25, -0.2) is 9.97 Å². The van der Waals surface area contributed by atoms with Crippen LogP contribution in [0, 0.1) is 5.92 Å². The molecule has 0 radical (unpaired) electrons. The molecule has 0 bridgehead atoms. The van der Waals surface area contributed by atoms with Crippen LogP contribution in [0.15, 0.2) is 30.6 Å². The SMILES string of the molecule is CC.CC.CC.CC.c1ccc2c(CC3CCNCC3)ncnc2c1. The first-order valence-electron chi connectivity index (χ1n) is 10.3. The molecule has 1 aromatic heterocycles. The number of rotatable bonds is 2. The van der Waals surface area contributed by atoms with Crippen molar-refractivity contribution >= 4 is 10.9 Å². The molecule has 0 amide bonds. The zero-order valence-electron chi connectivity index (χ0n) is 17.9. The Morgan fingerprint density at radius 2 is 1.40 bits per heavy atom. The molecule has 25 heavy (non-hydrogen) atoms. The second-order valence-corrected chi connectivity index (χ2v) is 4.74. The van der Waals surface area contributed by atoms with Gasteiger partial charge in [0.05, 0.1) is 11.2 Å². The number of hydrogen-bond acceptors (Lipinski definition) is 3. The first-order valence-corrected chi connectivity index (χ1v) is 10.3. The lowest BCUT2D eigenvalue weighted by atomic mass is 9.92. The standard InChI is InChI=1S/C14H17N3.4C2H6/c1-2-4-13-12(3-1)14(17-10-16-13)9-11-5-7-15-8-6-11;4*1-2/h1-4,10-11,15H,5-9H2;4*1-2H3. The van der Waals surface area contributed by atoms with Gasteiger partial charge in [0.25, 0.3) is 0 Å². The van der Waals surface area contributed by atoms with Crippen LogP contribution in [0.2, 0.25) is 0 Å². The van der Waals surface area contributed by atoms with Crippen LogP contribution in [-0.4, -0.2) is 23.1 Å². The summed E-state index contributed by atoms with van der Waals surface area (Å²) >= 11 is 0. The quantitative estimate of drug-likeness (QED) is 0.695. The van der Waals surface area contributed by atoms with Gasteiger partial charge in [0.15, 0.2) is 0 Å². The summed E-state index contributed by atoms with van der Waals surface area (Å²) < 4.78 is 0. The van der Waals surface area contributed by atoms with E-state index in [-0.39, 0.29) is 0 Å². The zero-order chi connectivity index (χ0) is 19.5. The number of hydrogen-bond donors (Lipinski definition) is 1. The molecule has 1 saturated heterocycles. The lowest BCUT2D eigenvalue weighted by Crippen LogP contribution is -2.28. The van der Waals surface area contributed by atoms with Crippen molar-refractivity contribution in [3.63, 3.8) is 0 Å². The van der Waals surface area contributed by atoms with E-state index in [1.807, 2.05) is 61.5 Å². The summed E-state index contributed by atoms with van der Waals surface area (Å²) in [7, 11) is 0. The second-order valence-electron chi connectivity index (χ2n) is 4.74. The molecule has 1 fully saturated rings. The third kappa shape index (κ3) is 9.54. The van der Waals surface area contributed by atoms with Crippen molar-refractivity contribution in [2.45, 2.75) is 74.7 Å². The molecule has 1 aromatic carbocycles. The van der Waals surface area contributed by atoms with Crippen molar-refractivity contribution < 1.29 is 0 Å². The average Bonchev–Trinajstić information content (AvgIpc) is 2.75. The van der Waals surface area contributed by atoms with Gasteiger partial charge in [-0.3, -0.25) is 0 Å². The summed E-state index contributed by atoms with van der Waals surface area (Å²) in [5, 5.41) is 4.62. The van der Waals surface area contributed by atoms with Gasteiger partial charge in [-0.15, -0.1) is 0 Å². The van der Waals surface area contributed by atoms with Gasteiger partial charge in [0.1, 0.15) is 6.33 Å². The van der Waals surface area contributed by atoms with E-state index < -0.39 is 0 Å². The number of fused-ring (bicyclic) bond motifs is 1. The molecule has 1 aliphatic heterocycles. The lowest BCUT2D eigenvalue weighted by Gasteiger charge is -2.22. The summed E-state index contributed by atoms with van der Waals surface area (Å²) in [5.41, 5.74) is 2.27. The Balaban J connectivity index is 0. The van der Waals surface area contributed by atoms with Crippen molar-refractivity contribution in [3.8, 4) is 0 Å². The minimum Gasteiger partial charge on any atom is -0.317 e. The first kappa shape index (κ1) is 25.8. The Morgan fingerprint density at radius 3 is 2.00 bits per heavy atom. The van der Waals surface area contributed by atoms with Crippen molar-refractivity contribution in [2.24, 2.45) is 5.92 Å². The molecule has 1 aliphatic rings. The Hall–Kier alpha value is -1.48. The summed E-state index contributed by atoms with van der Waals surface area (Å²) in [6.07, 6.45) is 5.31. The van der Waals surface area contributed by atoms with Crippen molar-refractivity contribution in [2.75, 3.05) is 13.1 Å². The van der Waals surface area contributed by atoms with Crippen LogP contribution in [0.5, 0.6) is 0 Å². The maximum Gasteiger partial charge on any atom is 0.116 e. The molecule has 3 heteroatoms. The molecular formula is C22H41N3. The highest BCUT2D eigenvalue weighted by Crippen LogP contribution is 2.21. The summed E-state index contributed by atoms with van der Waals surface area (Å²) in [6.45, 7) is 18.3. The van der Waals surface area contributed by atoms with E-state index in [2.05, 4.69) is 33.5 Å². The van der Waals surface area contributed by atoms with E-state index in [0.717, 1.165) is 30.9 Å². The monoisotopic (exact) mass is 347 g/mol. The van der Waals surface area contributed by atoms with Crippen LogP contribution in [0.25, 0.3) is 10.9 Å². The Labute approximate surface area is 156 Å². The van der Waals surface area contributed by atoms with Gasteiger partial charge >= 0.3 is 0 Å². The van der Waals surface area contributed by atoms with E-state index in [0.29, 0.717) is 0 Å². The fraction of sp³-hybridized carbons (Fsp3) is 0.636. The van der Waals surface area contributed by atoms with Gasteiger partial charge in [0, 0.05) is 5.39 Å². The number of benzene rings is 1. The number of nitrogens with one attached hydrogen (secondary N) is 1. The van der Waals surface area contributed by atoms with E-state index >= 15 is 0 Å². The molecule has 3 nitrogen and oxygen atoms in total. The summed E-state index contributed by atoms with van der Waals surface area (Å²) in [6, 6.07) is 8.29. The Kier molecular flexibility index (Phi) is 19.4. The molecule has 2 heterocycles. The molecule has 2 aromatic rings. The van der Waals surface area contributed by atoms with Crippen LogP contribution >= 0.6 is 0 Å². The molecule has 0 atom stereocenters. The van der Waals surface area contributed by atoms with Crippen molar-refractivity contribution in [1.82, 2.24) is 15.3 Å². The fourth-order valence-electron chi connectivity index (χ4n) is 2.58. The van der Waals surface area contributed by atoms with Gasteiger partial charge in [0.2, 0.25) is 0 Å². The van der Waals surface area contributed by atoms with Crippen LogP contribution in [0.3, 0.4) is 0 Å². The third-order valence-corrected chi connectivity index (χ3v) is 3.57. The van der Waals surface area contributed by atoms with E-state index in [1.54, 1.807) is 6.33 Å². The molecular weight excluding hydrogens is 306 g/mol. The summed E-state index contributed by atoms with van der Waals surface area (Å²) in [4.78, 5) is 8.78. The van der Waals surface area contributed by atoms with E-state index in [9.17, 15) is 0 Å². The third-order valence-electron chi connectivity index (χ3n) is 3.57. The summed E-state index contributed by atoms with van der Waals surface area (Å²) in [5.74, 6) is 0.773. The zero-order valence-corrected chi connectivity index (χ0v) is 17.9.